The number of piperazine rings is 1. The Labute approximate surface area is 156 Å². The fraction of sp³-hybridized carbons (Fsp3) is 0.278. The fourth-order valence-corrected chi connectivity index (χ4v) is 2.94. The van der Waals surface area contributed by atoms with E-state index in [9.17, 15) is 4.79 Å². The number of amides is 1. The minimum atomic E-state index is -0.113. The van der Waals surface area contributed by atoms with Gasteiger partial charge in [-0.1, -0.05) is 11.2 Å². The van der Waals surface area contributed by atoms with Crippen molar-refractivity contribution in [1.29, 1.82) is 0 Å². The van der Waals surface area contributed by atoms with Crippen molar-refractivity contribution < 1.29 is 9.32 Å². The zero-order valence-corrected chi connectivity index (χ0v) is 14.9. The van der Waals surface area contributed by atoms with Gasteiger partial charge in [0.15, 0.2) is 5.82 Å². The Morgan fingerprint density at radius 3 is 2.63 bits per heavy atom. The monoisotopic (exact) mass is 365 g/mol. The van der Waals surface area contributed by atoms with Gasteiger partial charge in [0.2, 0.25) is 0 Å². The smallest absolute Gasteiger partial charge is 0.272 e. The van der Waals surface area contributed by atoms with Gasteiger partial charge in [0.05, 0.1) is 0 Å². The van der Waals surface area contributed by atoms with Crippen LogP contribution in [0.25, 0.3) is 0 Å². The van der Waals surface area contributed by atoms with Crippen molar-refractivity contribution in [1.82, 2.24) is 25.0 Å². The summed E-state index contributed by atoms with van der Waals surface area (Å²) < 4.78 is 5.02. The van der Waals surface area contributed by atoms with E-state index in [1.165, 1.54) is 6.33 Å². The van der Waals surface area contributed by atoms with E-state index in [-0.39, 0.29) is 5.91 Å². The Hall–Kier alpha value is -3.49. The van der Waals surface area contributed by atoms with Gasteiger partial charge in [0, 0.05) is 44.5 Å². The molecule has 9 heteroatoms. The number of pyridine rings is 1. The van der Waals surface area contributed by atoms with Crippen LogP contribution < -0.4 is 10.2 Å². The van der Waals surface area contributed by atoms with E-state index in [0.717, 1.165) is 18.9 Å². The van der Waals surface area contributed by atoms with Gasteiger partial charge < -0.3 is 19.6 Å². The van der Waals surface area contributed by atoms with Gasteiger partial charge in [-0.3, -0.25) is 4.79 Å². The van der Waals surface area contributed by atoms with Gasteiger partial charge in [-0.05, 0) is 19.1 Å². The number of hydrogen-bond donors (Lipinski definition) is 1. The van der Waals surface area contributed by atoms with Crippen molar-refractivity contribution in [2.45, 2.75) is 6.92 Å². The maximum absolute atomic E-state index is 12.8. The highest BCUT2D eigenvalue weighted by molar-refractivity contribution is 5.93. The highest BCUT2D eigenvalue weighted by Gasteiger charge is 2.24. The summed E-state index contributed by atoms with van der Waals surface area (Å²) in [7, 11) is 0. The number of carbonyl (C=O) groups excluding carboxylic acids is 1. The molecule has 0 unspecified atom stereocenters. The van der Waals surface area contributed by atoms with E-state index in [2.05, 4.69) is 30.3 Å². The third-order valence-electron chi connectivity index (χ3n) is 4.31. The van der Waals surface area contributed by atoms with Crippen molar-refractivity contribution in [3.05, 3.63) is 54.3 Å². The average Bonchev–Trinajstić information content (AvgIpc) is 3.13. The molecule has 1 aliphatic heterocycles. The summed E-state index contributed by atoms with van der Waals surface area (Å²) in [6, 6.07) is 9.21. The van der Waals surface area contributed by atoms with Crippen molar-refractivity contribution in [3.8, 4) is 0 Å². The molecule has 0 aliphatic carbocycles. The zero-order chi connectivity index (χ0) is 18.6. The van der Waals surface area contributed by atoms with Crippen LogP contribution in [0.5, 0.6) is 0 Å². The molecule has 1 fully saturated rings. The first-order chi connectivity index (χ1) is 13.2. The van der Waals surface area contributed by atoms with Crippen molar-refractivity contribution in [3.63, 3.8) is 0 Å². The Morgan fingerprint density at radius 2 is 1.93 bits per heavy atom. The van der Waals surface area contributed by atoms with Gasteiger partial charge in [-0.2, -0.15) is 0 Å². The molecule has 3 aromatic rings. The van der Waals surface area contributed by atoms with E-state index >= 15 is 0 Å². The summed E-state index contributed by atoms with van der Waals surface area (Å²) >= 11 is 0. The first-order valence-electron chi connectivity index (χ1n) is 8.67. The quantitative estimate of drug-likeness (QED) is 0.748. The minimum absolute atomic E-state index is 0.113. The second kappa shape index (κ2) is 7.40. The molecule has 1 amide bonds. The third kappa shape index (κ3) is 3.86. The molecular weight excluding hydrogens is 346 g/mol. The lowest BCUT2D eigenvalue weighted by atomic mass is 10.2. The van der Waals surface area contributed by atoms with Crippen LogP contribution in [0.3, 0.4) is 0 Å². The molecule has 0 radical (unpaired) electrons. The Bertz CT molecular complexity index is 920. The number of rotatable bonds is 4. The highest BCUT2D eigenvalue weighted by atomic mass is 16.5. The molecule has 4 heterocycles. The van der Waals surface area contributed by atoms with Gasteiger partial charge >= 0.3 is 0 Å². The lowest BCUT2D eigenvalue weighted by Crippen LogP contribution is -2.49. The third-order valence-corrected chi connectivity index (χ3v) is 4.31. The van der Waals surface area contributed by atoms with Crippen molar-refractivity contribution in [2.75, 3.05) is 36.4 Å². The summed E-state index contributed by atoms with van der Waals surface area (Å²) in [6.45, 7) is 4.50. The predicted octanol–water partition coefficient (Wildman–Crippen LogP) is 1.87. The van der Waals surface area contributed by atoms with E-state index < -0.39 is 0 Å². The van der Waals surface area contributed by atoms with Crippen LogP contribution in [-0.4, -0.2) is 57.1 Å². The van der Waals surface area contributed by atoms with Gasteiger partial charge in [-0.15, -0.1) is 0 Å². The van der Waals surface area contributed by atoms with Crippen LogP contribution in [0.1, 0.15) is 16.2 Å². The number of anilines is 3. The van der Waals surface area contributed by atoms with Crippen molar-refractivity contribution in [2.24, 2.45) is 0 Å². The van der Waals surface area contributed by atoms with E-state index in [1.807, 2.05) is 18.2 Å². The highest BCUT2D eigenvalue weighted by Crippen LogP contribution is 2.17. The van der Waals surface area contributed by atoms with Crippen LogP contribution in [0.15, 0.2) is 47.4 Å². The molecule has 0 saturated carbocycles. The molecule has 0 atom stereocenters. The summed E-state index contributed by atoms with van der Waals surface area (Å²) in [5.74, 6) is 2.54. The minimum Gasteiger partial charge on any atom is -0.360 e. The largest absolute Gasteiger partial charge is 0.360 e. The van der Waals surface area contributed by atoms with Crippen LogP contribution in [-0.2, 0) is 0 Å². The topological polar surface area (TPSA) is 100 Å². The van der Waals surface area contributed by atoms with E-state index in [1.54, 1.807) is 30.2 Å². The second-order valence-corrected chi connectivity index (χ2v) is 6.20. The number of aryl methyl sites for hydroxylation is 1. The molecule has 4 rings (SSSR count). The molecule has 9 nitrogen and oxygen atoms in total. The Morgan fingerprint density at radius 1 is 1.07 bits per heavy atom. The lowest BCUT2D eigenvalue weighted by molar-refractivity contribution is 0.0740. The molecular formula is C18H19N7O2. The van der Waals surface area contributed by atoms with Crippen LogP contribution >= 0.6 is 0 Å². The molecule has 0 aromatic carbocycles. The zero-order valence-electron chi connectivity index (χ0n) is 14.9. The SMILES string of the molecule is Cc1cc(Nc2cc(C(=O)N3CCN(c4ccccn4)CC3)ncn2)no1. The number of nitrogens with one attached hydrogen (secondary N) is 1. The summed E-state index contributed by atoms with van der Waals surface area (Å²) in [6.07, 6.45) is 3.14. The lowest BCUT2D eigenvalue weighted by Gasteiger charge is -2.35. The maximum atomic E-state index is 12.8. The predicted molar refractivity (Wildman–Crippen MR) is 98.9 cm³/mol. The number of hydrogen-bond acceptors (Lipinski definition) is 8. The Kier molecular flexibility index (Phi) is 4.65. The van der Waals surface area contributed by atoms with Gasteiger partial charge in [0.1, 0.15) is 29.4 Å². The normalized spacial score (nSPS) is 14.3. The fourth-order valence-electron chi connectivity index (χ4n) is 2.94. The summed E-state index contributed by atoms with van der Waals surface area (Å²) in [5.41, 5.74) is 0.346. The molecule has 1 N–H and O–H groups in total. The molecule has 0 spiro atoms. The standard InChI is InChI=1S/C18H19N7O2/c1-13-10-16(23-27-13)22-15-11-14(20-12-21-15)18(26)25-8-6-24(7-9-25)17-4-2-3-5-19-17/h2-5,10-12H,6-9H2,1H3,(H,20,21,22,23). The van der Waals surface area contributed by atoms with Crippen LogP contribution in [0.2, 0.25) is 0 Å². The van der Waals surface area contributed by atoms with Crippen molar-refractivity contribution >= 4 is 23.4 Å². The van der Waals surface area contributed by atoms with E-state index in [4.69, 9.17) is 4.52 Å². The summed E-state index contributed by atoms with van der Waals surface area (Å²) in [4.78, 5) is 29.4. The van der Waals surface area contributed by atoms with E-state index in [0.29, 0.717) is 36.2 Å². The van der Waals surface area contributed by atoms with Crippen LogP contribution in [0.4, 0.5) is 17.5 Å². The molecule has 1 aliphatic rings. The maximum Gasteiger partial charge on any atom is 0.272 e. The van der Waals surface area contributed by atoms with Crippen LogP contribution in [0, 0.1) is 6.92 Å². The van der Waals surface area contributed by atoms with Gasteiger partial charge in [-0.25, -0.2) is 15.0 Å². The molecule has 138 valence electrons. The summed E-state index contributed by atoms with van der Waals surface area (Å²) in [5, 5.41) is 6.87. The molecule has 27 heavy (non-hydrogen) atoms. The average molecular weight is 365 g/mol. The second-order valence-electron chi connectivity index (χ2n) is 6.20. The number of nitrogens with zero attached hydrogens (tertiary/aromatic N) is 6. The number of carbonyl (C=O) groups is 1. The first kappa shape index (κ1) is 17.0. The Balaban J connectivity index is 1.40. The molecule has 0 bridgehead atoms. The molecule has 3 aromatic heterocycles. The molecule has 1 saturated heterocycles. The number of aromatic nitrogens is 4. The first-order valence-corrected chi connectivity index (χ1v) is 8.67. The van der Waals surface area contributed by atoms with Gasteiger partial charge in [0.25, 0.3) is 5.91 Å².